The number of hydrogen-bond acceptors (Lipinski definition) is 4. The average Bonchev–Trinajstić information content (AvgIpc) is 2.82. The number of hydrogen-bond donors (Lipinski definition) is 1. The fourth-order valence-electron chi connectivity index (χ4n) is 2.71. The summed E-state index contributed by atoms with van der Waals surface area (Å²) in [5, 5.41) is 11.0. The maximum absolute atomic E-state index is 12.9. The molecule has 0 aromatic carbocycles. The van der Waals surface area contributed by atoms with Crippen LogP contribution >= 0.6 is 27.3 Å². The number of aliphatic hydroxyl groups excluding tert-OH is 1. The number of halogens is 1. The number of aryl methyl sites for hydroxylation is 1. The lowest BCUT2D eigenvalue weighted by atomic mass is 10.00. The van der Waals surface area contributed by atoms with E-state index in [9.17, 15) is 14.7 Å². The average molecular weight is 403 g/mol. The lowest BCUT2D eigenvalue weighted by Gasteiger charge is -2.14. The van der Waals surface area contributed by atoms with Crippen LogP contribution in [0.4, 0.5) is 0 Å². The summed E-state index contributed by atoms with van der Waals surface area (Å²) in [5.74, 6) is 0.307. The van der Waals surface area contributed by atoms with E-state index in [1.54, 1.807) is 7.05 Å². The van der Waals surface area contributed by atoms with Gasteiger partial charge < -0.3 is 5.11 Å². The molecule has 1 unspecified atom stereocenters. The van der Waals surface area contributed by atoms with Crippen molar-refractivity contribution < 1.29 is 5.11 Å². The molecule has 0 radical (unpaired) electrons. The Morgan fingerprint density at radius 3 is 2.52 bits per heavy atom. The maximum Gasteiger partial charge on any atom is 0.331 e. The third kappa shape index (κ3) is 3.46. The highest BCUT2D eigenvalue weighted by Crippen LogP contribution is 2.38. The van der Waals surface area contributed by atoms with Crippen LogP contribution in [0.25, 0.3) is 10.2 Å². The van der Waals surface area contributed by atoms with Gasteiger partial charge in [0.05, 0.1) is 15.3 Å². The van der Waals surface area contributed by atoms with Gasteiger partial charge in [-0.25, -0.2) is 4.79 Å². The third-order valence-corrected chi connectivity index (χ3v) is 5.91. The lowest BCUT2D eigenvalue weighted by molar-refractivity contribution is 0.152. The molecule has 5 nitrogen and oxygen atoms in total. The summed E-state index contributed by atoms with van der Waals surface area (Å²) in [5.41, 5.74) is 0.0236. The highest BCUT2D eigenvalue weighted by molar-refractivity contribution is 9.11. The molecule has 1 N–H and O–H groups in total. The monoisotopic (exact) mass is 402 g/mol. The van der Waals surface area contributed by atoms with Crippen molar-refractivity contribution in [1.29, 1.82) is 0 Å². The smallest absolute Gasteiger partial charge is 0.331 e. The van der Waals surface area contributed by atoms with E-state index in [1.165, 1.54) is 20.5 Å². The molecule has 0 bridgehead atoms. The van der Waals surface area contributed by atoms with Crippen molar-refractivity contribution in [2.45, 2.75) is 52.7 Å². The van der Waals surface area contributed by atoms with Gasteiger partial charge in [0.1, 0.15) is 4.83 Å². The second-order valence-corrected chi connectivity index (χ2v) is 8.58. The Hall–Kier alpha value is -0.920. The summed E-state index contributed by atoms with van der Waals surface area (Å²) in [6.07, 6.45) is 1.53. The van der Waals surface area contributed by atoms with Crippen LogP contribution in [0.1, 0.15) is 51.7 Å². The Morgan fingerprint density at radius 2 is 1.96 bits per heavy atom. The van der Waals surface area contributed by atoms with E-state index in [0.717, 1.165) is 16.6 Å². The molecule has 0 aliphatic heterocycles. The molecule has 2 heterocycles. The highest BCUT2D eigenvalue weighted by Gasteiger charge is 2.24. The first kappa shape index (κ1) is 18.4. The summed E-state index contributed by atoms with van der Waals surface area (Å²) < 4.78 is 3.52. The standard InChI is InChI=1S/C16H23BrN2O3S/c1-5-6-7-19-14(21)12-11(10(20)8-9(2)3)13(17)23-15(12)18(4)16(19)22/h9-10,20H,5-8H2,1-4H3. The number of fused-ring (bicyclic) bond motifs is 1. The number of aliphatic hydroxyl groups is 1. The van der Waals surface area contributed by atoms with E-state index in [4.69, 9.17) is 0 Å². The van der Waals surface area contributed by atoms with E-state index < -0.39 is 6.10 Å². The molecule has 7 heteroatoms. The molecule has 2 aromatic rings. The van der Waals surface area contributed by atoms with Crippen LogP contribution in [0, 0.1) is 5.92 Å². The minimum atomic E-state index is -0.719. The first-order valence-electron chi connectivity index (χ1n) is 7.89. The van der Waals surface area contributed by atoms with Crippen LogP contribution in [-0.2, 0) is 13.6 Å². The molecule has 1 atom stereocenters. The van der Waals surface area contributed by atoms with Crippen LogP contribution < -0.4 is 11.2 Å². The Labute approximate surface area is 147 Å². The zero-order valence-corrected chi connectivity index (χ0v) is 16.3. The zero-order chi connectivity index (χ0) is 17.3. The quantitative estimate of drug-likeness (QED) is 0.804. The van der Waals surface area contributed by atoms with E-state index in [-0.39, 0.29) is 11.2 Å². The van der Waals surface area contributed by atoms with Gasteiger partial charge in [-0.1, -0.05) is 27.2 Å². The molecule has 23 heavy (non-hydrogen) atoms. The van der Waals surface area contributed by atoms with E-state index in [0.29, 0.717) is 34.7 Å². The minimum Gasteiger partial charge on any atom is -0.388 e. The molecule has 0 aliphatic rings. The van der Waals surface area contributed by atoms with Crippen molar-refractivity contribution in [3.05, 3.63) is 30.2 Å². The van der Waals surface area contributed by atoms with E-state index in [2.05, 4.69) is 15.9 Å². The Kier molecular flexibility index (Phi) is 5.86. The van der Waals surface area contributed by atoms with Crippen LogP contribution in [0.3, 0.4) is 0 Å². The number of nitrogens with zero attached hydrogens (tertiary/aromatic N) is 2. The summed E-state index contributed by atoms with van der Waals surface area (Å²) in [6.45, 7) is 6.49. The predicted molar refractivity (Wildman–Crippen MR) is 98.3 cm³/mol. The van der Waals surface area contributed by atoms with Crippen molar-refractivity contribution in [3.63, 3.8) is 0 Å². The summed E-state index contributed by atoms with van der Waals surface area (Å²) >= 11 is 4.79. The van der Waals surface area contributed by atoms with Gasteiger partial charge in [-0.3, -0.25) is 13.9 Å². The number of unbranched alkanes of at least 4 members (excludes halogenated alkanes) is 1. The van der Waals surface area contributed by atoms with Gasteiger partial charge in [0, 0.05) is 19.2 Å². The number of rotatable bonds is 6. The Bertz CT molecular complexity index is 819. The van der Waals surface area contributed by atoms with E-state index in [1.807, 2.05) is 20.8 Å². The van der Waals surface area contributed by atoms with Crippen molar-refractivity contribution in [2.75, 3.05) is 0 Å². The molecule has 128 valence electrons. The Balaban J connectivity index is 2.75. The summed E-state index contributed by atoms with van der Waals surface area (Å²) in [7, 11) is 1.67. The fourth-order valence-corrected chi connectivity index (χ4v) is 4.67. The molecule has 0 aliphatic carbocycles. The van der Waals surface area contributed by atoms with Crippen molar-refractivity contribution in [1.82, 2.24) is 9.13 Å². The number of aromatic nitrogens is 2. The van der Waals surface area contributed by atoms with Gasteiger partial charge in [-0.2, -0.15) is 0 Å². The largest absolute Gasteiger partial charge is 0.388 e. The topological polar surface area (TPSA) is 64.2 Å². The summed E-state index contributed by atoms with van der Waals surface area (Å²) in [6, 6.07) is 0. The molecular weight excluding hydrogens is 380 g/mol. The zero-order valence-electron chi connectivity index (χ0n) is 13.9. The van der Waals surface area contributed by atoms with Crippen molar-refractivity contribution in [2.24, 2.45) is 13.0 Å². The molecule has 0 saturated heterocycles. The molecule has 0 amide bonds. The molecule has 2 aromatic heterocycles. The van der Waals surface area contributed by atoms with Crippen LogP contribution in [-0.4, -0.2) is 14.2 Å². The van der Waals surface area contributed by atoms with Gasteiger partial charge in [0.15, 0.2) is 0 Å². The normalized spacial score (nSPS) is 13.2. The second-order valence-electron chi connectivity index (χ2n) is 6.27. The van der Waals surface area contributed by atoms with Gasteiger partial charge in [0.2, 0.25) is 0 Å². The first-order valence-corrected chi connectivity index (χ1v) is 9.50. The molecule has 0 fully saturated rings. The van der Waals surface area contributed by atoms with Crippen LogP contribution in [0.2, 0.25) is 0 Å². The third-order valence-electron chi connectivity index (χ3n) is 3.93. The first-order chi connectivity index (χ1) is 10.8. The molecule has 0 saturated carbocycles. The SMILES string of the molecule is CCCCn1c(=O)c2c(C(O)CC(C)C)c(Br)sc2n(C)c1=O. The molecule has 2 rings (SSSR count). The molecule has 0 spiro atoms. The van der Waals surface area contributed by atoms with Crippen molar-refractivity contribution >= 4 is 37.5 Å². The minimum absolute atomic E-state index is 0.295. The Morgan fingerprint density at radius 1 is 1.30 bits per heavy atom. The van der Waals surface area contributed by atoms with Crippen LogP contribution in [0.15, 0.2) is 13.4 Å². The van der Waals surface area contributed by atoms with E-state index >= 15 is 0 Å². The van der Waals surface area contributed by atoms with Gasteiger partial charge in [0.25, 0.3) is 5.56 Å². The number of thiophene rings is 1. The molecular formula is C16H23BrN2O3S. The predicted octanol–water partition coefficient (Wildman–Crippen LogP) is 3.40. The van der Waals surface area contributed by atoms with Gasteiger partial charge in [-0.15, -0.1) is 11.3 Å². The van der Waals surface area contributed by atoms with Gasteiger partial charge >= 0.3 is 5.69 Å². The fraction of sp³-hybridized carbons (Fsp3) is 0.625. The summed E-state index contributed by atoms with van der Waals surface area (Å²) in [4.78, 5) is 25.9. The van der Waals surface area contributed by atoms with Crippen LogP contribution in [0.5, 0.6) is 0 Å². The maximum atomic E-state index is 12.9. The highest BCUT2D eigenvalue weighted by atomic mass is 79.9. The van der Waals surface area contributed by atoms with Crippen molar-refractivity contribution in [3.8, 4) is 0 Å². The second kappa shape index (κ2) is 7.32. The van der Waals surface area contributed by atoms with Gasteiger partial charge in [-0.05, 0) is 34.7 Å². The lowest BCUT2D eigenvalue weighted by Crippen LogP contribution is -2.39.